The van der Waals surface area contributed by atoms with Gasteiger partial charge in [0.15, 0.2) is 5.16 Å². The fourth-order valence-electron chi connectivity index (χ4n) is 2.33. The summed E-state index contributed by atoms with van der Waals surface area (Å²) in [5, 5.41) is 8.26. The van der Waals surface area contributed by atoms with Gasteiger partial charge in [0.2, 0.25) is 5.91 Å². The highest BCUT2D eigenvalue weighted by atomic mass is 32.2. The molecule has 1 heterocycles. The first kappa shape index (κ1) is 15.3. The summed E-state index contributed by atoms with van der Waals surface area (Å²) in [6.45, 7) is 2.02. The number of carbonyl (C=O) groups excluding carboxylic acids is 1. The Kier molecular flexibility index (Phi) is 4.43. The molecular weight excluding hydrogens is 308 g/mol. The standard InChI is InChI=1S/C17H16N4OS/c1-12-7-5-6-10-14(12)21-11-19-20-17(21)23-15(16(18)22)13-8-3-2-4-9-13/h2-11,15H,1H3,(H2,18,22). The molecule has 0 fully saturated rings. The fraction of sp³-hybridized carbons (Fsp3) is 0.118. The van der Waals surface area contributed by atoms with Crippen LogP contribution in [0.2, 0.25) is 0 Å². The van der Waals surface area contributed by atoms with E-state index in [2.05, 4.69) is 10.2 Å². The number of benzene rings is 2. The molecule has 2 aromatic carbocycles. The van der Waals surface area contributed by atoms with Crippen LogP contribution in [0.3, 0.4) is 0 Å². The highest BCUT2D eigenvalue weighted by molar-refractivity contribution is 8.00. The molecule has 3 aromatic rings. The average molecular weight is 324 g/mol. The third-order valence-electron chi connectivity index (χ3n) is 3.48. The zero-order valence-corrected chi connectivity index (χ0v) is 13.4. The number of rotatable bonds is 5. The van der Waals surface area contributed by atoms with Crippen molar-refractivity contribution in [3.63, 3.8) is 0 Å². The van der Waals surface area contributed by atoms with Gasteiger partial charge in [0.1, 0.15) is 11.6 Å². The van der Waals surface area contributed by atoms with E-state index < -0.39 is 11.2 Å². The Hall–Kier alpha value is -2.60. The normalized spacial score (nSPS) is 12.0. The zero-order chi connectivity index (χ0) is 16.2. The van der Waals surface area contributed by atoms with Gasteiger partial charge in [0.25, 0.3) is 0 Å². The highest BCUT2D eigenvalue weighted by Crippen LogP contribution is 2.35. The SMILES string of the molecule is Cc1ccccc1-n1cnnc1SC(C(N)=O)c1ccccc1. The van der Waals surface area contributed by atoms with Crippen molar-refractivity contribution < 1.29 is 4.79 Å². The summed E-state index contributed by atoms with van der Waals surface area (Å²) in [6.07, 6.45) is 1.65. The van der Waals surface area contributed by atoms with Crippen molar-refractivity contribution in [2.24, 2.45) is 5.73 Å². The van der Waals surface area contributed by atoms with E-state index >= 15 is 0 Å². The molecule has 116 valence electrons. The number of nitrogens with zero attached hydrogens (tertiary/aromatic N) is 3. The molecule has 6 heteroatoms. The summed E-state index contributed by atoms with van der Waals surface area (Å²) in [5.41, 5.74) is 8.52. The van der Waals surface area contributed by atoms with Crippen molar-refractivity contribution in [1.82, 2.24) is 14.8 Å². The largest absolute Gasteiger partial charge is 0.368 e. The van der Waals surface area contributed by atoms with Crippen LogP contribution in [0.1, 0.15) is 16.4 Å². The lowest BCUT2D eigenvalue weighted by Crippen LogP contribution is -2.19. The molecule has 0 aliphatic rings. The quantitative estimate of drug-likeness (QED) is 0.732. The molecule has 1 aromatic heterocycles. The van der Waals surface area contributed by atoms with Gasteiger partial charge in [-0.05, 0) is 24.1 Å². The number of primary amides is 1. The molecule has 2 N–H and O–H groups in total. The van der Waals surface area contributed by atoms with Crippen molar-refractivity contribution in [2.45, 2.75) is 17.3 Å². The number of thioether (sulfide) groups is 1. The Morgan fingerprint density at radius 1 is 1.13 bits per heavy atom. The summed E-state index contributed by atoms with van der Waals surface area (Å²) >= 11 is 1.30. The number of hydrogen-bond donors (Lipinski definition) is 1. The van der Waals surface area contributed by atoms with Crippen molar-refractivity contribution in [1.29, 1.82) is 0 Å². The summed E-state index contributed by atoms with van der Waals surface area (Å²) in [7, 11) is 0. The van der Waals surface area contributed by atoms with Gasteiger partial charge in [0.05, 0.1) is 5.69 Å². The van der Waals surface area contributed by atoms with E-state index in [0.717, 1.165) is 16.8 Å². The molecular formula is C17H16N4OS. The lowest BCUT2D eigenvalue weighted by Gasteiger charge is -2.14. The molecule has 0 bridgehead atoms. The van der Waals surface area contributed by atoms with Crippen LogP contribution >= 0.6 is 11.8 Å². The molecule has 0 saturated carbocycles. The zero-order valence-electron chi connectivity index (χ0n) is 12.6. The molecule has 23 heavy (non-hydrogen) atoms. The van der Waals surface area contributed by atoms with Gasteiger partial charge >= 0.3 is 0 Å². The van der Waals surface area contributed by atoms with Crippen molar-refractivity contribution in [2.75, 3.05) is 0 Å². The van der Waals surface area contributed by atoms with Crippen molar-refractivity contribution >= 4 is 17.7 Å². The number of nitrogens with two attached hydrogens (primary N) is 1. The molecule has 0 spiro atoms. The van der Waals surface area contributed by atoms with Gasteiger partial charge in [-0.1, -0.05) is 60.3 Å². The summed E-state index contributed by atoms with van der Waals surface area (Å²) in [4.78, 5) is 11.9. The van der Waals surface area contributed by atoms with Crippen LogP contribution in [0.15, 0.2) is 66.1 Å². The lowest BCUT2D eigenvalue weighted by atomic mass is 10.1. The number of aryl methyl sites for hydroxylation is 1. The Balaban J connectivity index is 1.96. The molecule has 1 atom stereocenters. The summed E-state index contributed by atoms with van der Waals surface area (Å²) < 4.78 is 1.87. The molecule has 1 amide bonds. The van der Waals surface area contributed by atoms with Crippen LogP contribution in [0, 0.1) is 6.92 Å². The predicted octanol–water partition coefficient (Wildman–Crippen LogP) is 2.89. The van der Waals surface area contributed by atoms with Gasteiger partial charge in [-0.3, -0.25) is 9.36 Å². The molecule has 1 unspecified atom stereocenters. The third kappa shape index (κ3) is 3.27. The molecule has 0 aliphatic carbocycles. The Morgan fingerprint density at radius 2 is 1.83 bits per heavy atom. The van der Waals surface area contributed by atoms with E-state index in [9.17, 15) is 4.79 Å². The average Bonchev–Trinajstić information content (AvgIpc) is 3.01. The van der Waals surface area contributed by atoms with E-state index in [1.807, 2.05) is 66.1 Å². The van der Waals surface area contributed by atoms with E-state index in [-0.39, 0.29) is 0 Å². The second-order valence-corrected chi connectivity index (χ2v) is 6.15. The molecule has 0 radical (unpaired) electrons. The summed E-state index contributed by atoms with van der Waals surface area (Å²) in [6, 6.07) is 17.4. The Labute approximate surface area is 138 Å². The maximum Gasteiger partial charge on any atom is 0.235 e. The van der Waals surface area contributed by atoms with Crippen LogP contribution in [0.5, 0.6) is 0 Å². The first-order valence-corrected chi connectivity index (χ1v) is 8.01. The molecule has 0 saturated heterocycles. The van der Waals surface area contributed by atoms with Crippen LogP contribution < -0.4 is 5.73 Å². The van der Waals surface area contributed by atoms with E-state index in [4.69, 9.17) is 5.73 Å². The first-order chi connectivity index (χ1) is 11.2. The fourth-order valence-corrected chi connectivity index (χ4v) is 3.30. The Morgan fingerprint density at radius 3 is 2.52 bits per heavy atom. The van der Waals surface area contributed by atoms with Crippen molar-refractivity contribution in [3.05, 3.63) is 72.1 Å². The van der Waals surface area contributed by atoms with E-state index in [0.29, 0.717) is 5.16 Å². The molecule has 0 aliphatic heterocycles. The van der Waals surface area contributed by atoms with Gasteiger partial charge < -0.3 is 5.73 Å². The maximum atomic E-state index is 11.9. The van der Waals surface area contributed by atoms with Gasteiger partial charge in [0, 0.05) is 0 Å². The van der Waals surface area contributed by atoms with Gasteiger partial charge in [-0.25, -0.2) is 0 Å². The van der Waals surface area contributed by atoms with Crippen LogP contribution in [-0.4, -0.2) is 20.7 Å². The van der Waals surface area contributed by atoms with Crippen LogP contribution in [0.25, 0.3) is 5.69 Å². The minimum atomic E-state index is -0.511. The second kappa shape index (κ2) is 6.66. The van der Waals surface area contributed by atoms with Crippen LogP contribution in [0.4, 0.5) is 0 Å². The first-order valence-electron chi connectivity index (χ1n) is 7.14. The predicted molar refractivity (Wildman–Crippen MR) is 90.3 cm³/mol. The number of hydrogen-bond acceptors (Lipinski definition) is 4. The van der Waals surface area contributed by atoms with Gasteiger partial charge in [-0.2, -0.15) is 0 Å². The smallest absolute Gasteiger partial charge is 0.235 e. The topological polar surface area (TPSA) is 73.8 Å². The number of carbonyl (C=O) groups is 1. The molecule has 3 rings (SSSR count). The maximum absolute atomic E-state index is 11.9. The third-order valence-corrected chi connectivity index (χ3v) is 4.70. The number of aromatic nitrogens is 3. The Bertz CT molecular complexity index is 816. The monoisotopic (exact) mass is 324 g/mol. The minimum Gasteiger partial charge on any atom is -0.368 e. The van der Waals surface area contributed by atoms with E-state index in [1.54, 1.807) is 6.33 Å². The second-order valence-electron chi connectivity index (χ2n) is 5.08. The highest BCUT2D eigenvalue weighted by Gasteiger charge is 2.22. The van der Waals surface area contributed by atoms with Crippen LogP contribution in [-0.2, 0) is 4.79 Å². The van der Waals surface area contributed by atoms with E-state index in [1.165, 1.54) is 11.8 Å². The lowest BCUT2D eigenvalue weighted by molar-refractivity contribution is -0.117. The molecule has 5 nitrogen and oxygen atoms in total. The summed E-state index contributed by atoms with van der Waals surface area (Å²) in [5.74, 6) is -0.402. The van der Waals surface area contributed by atoms with Gasteiger partial charge in [-0.15, -0.1) is 10.2 Å². The number of amides is 1. The van der Waals surface area contributed by atoms with Crippen molar-refractivity contribution in [3.8, 4) is 5.69 Å². The number of para-hydroxylation sites is 1. The minimum absolute atomic E-state index is 0.402.